The van der Waals surface area contributed by atoms with E-state index in [1.807, 2.05) is 0 Å². The molecule has 0 bridgehead atoms. The van der Waals surface area contributed by atoms with E-state index in [1.165, 1.54) is 6.42 Å². The number of rotatable bonds is 3. The van der Waals surface area contributed by atoms with Gasteiger partial charge in [-0.25, -0.2) is 0 Å². The van der Waals surface area contributed by atoms with Gasteiger partial charge in [-0.15, -0.1) is 0 Å². The summed E-state index contributed by atoms with van der Waals surface area (Å²) in [4.78, 5) is 22.9. The average Bonchev–Trinajstić information content (AvgIpc) is 2.78. The molecule has 96 valence electrons. The molecule has 1 heterocycles. The van der Waals surface area contributed by atoms with Crippen LogP contribution in [0, 0.1) is 11.8 Å². The predicted molar refractivity (Wildman–Crippen MR) is 60.5 cm³/mol. The zero-order valence-electron chi connectivity index (χ0n) is 9.85. The normalized spacial score (nSPS) is 30.1. The van der Waals surface area contributed by atoms with Crippen LogP contribution in [0.15, 0.2) is 0 Å². The summed E-state index contributed by atoms with van der Waals surface area (Å²) in [5.74, 6) is -1.41. The number of carbonyl (C=O) groups is 2. The van der Waals surface area contributed by atoms with E-state index in [1.54, 1.807) is 0 Å². The van der Waals surface area contributed by atoms with Crippen molar-refractivity contribution in [2.45, 2.75) is 38.1 Å². The van der Waals surface area contributed by atoms with E-state index in [0.29, 0.717) is 6.61 Å². The lowest BCUT2D eigenvalue weighted by Gasteiger charge is -2.23. The Morgan fingerprint density at radius 1 is 1.12 bits per heavy atom. The van der Waals surface area contributed by atoms with Crippen molar-refractivity contribution in [3.8, 4) is 0 Å². The fraction of sp³-hybridized carbons (Fsp3) is 0.833. The minimum atomic E-state index is -0.892. The fourth-order valence-electron chi connectivity index (χ4n) is 2.61. The average molecular weight is 241 g/mol. The van der Waals surface area contributed by atoms with Gasteiger partial charge in [-0.05, 0) is 12.8 Å². The van der Waals surface area contributed by atoms with Gasteiger partial charge in [0, 0.05) is 5.92 Å². The van der Waals surface area contributed by atoms with Crippen molar-refractivity contribution in [2.75, 3.05) is 13.2 Å². The number of amides is 1. The minimum absolute atomic E-state index is 0.00597. The number of nitrogens with one attached hydrogen (secondary N) is 1. The van der Waals surface area contributed by atoms with Gasteiger partial charge < -0.3 is 15.2 Å². The first-order valence-electron chi connectivity index (χ1n) is 6.29. The first kappa shape index (κ1) is 12.4. The highest BCUT2D eigenvalue weighted by Crippen LogP contribution is 2.24. The monoisotopic (exact) mass is 241 g/mol. The standard InChI is InChI=1S/C12H19NO4/c14-11(8-4-2-1-3-5-8)13-10-7-17-6-9(10)12(15)16/h8-10H,1-7H2,(H,13,14)(H,15,16). The van der Waals surface area contributed by atoms with Crippen LogP contribution in [0.1, 0.15) is 32.1 Å². The van der Waals surface area contributed by atoms with E-state index in [-0.39, 0.29) is 24.5 Å². The number of carboxylic acid groups (broad SMARTS) is 1. The van der Waals surface area contributed by atoms with Gasteiger partial charge in [0.1, 0.15) is 5.92 Å². The number of carboxylic acids is 1. The van der Waals surface area contributed by atoms with Gasteiger partial charge in [0.25, 0.3) is 0 Å². The maximum absolute atomic E-state index is 12.0. The lowest BCUT2D eigenvalue weighted by molar-refractivity contribution is -0.142. The largest absolute Gasteiger partial charge is 0.481 e. The third-order valence-corrected chi connectivity index (χ3v) is 3.70. The van der Waals surface area contributed by atoms with Crippen molar-refractivity contribution in [3.63, 3.8) is 0 Å². The molecule has 0 aromatic carbocycles. The molecular formula is C12H19NO4. The quantitative estimate of drug-likeness (QED) is 0.765. The molecule has 0 spiro atoms. The van der Waals surface area contributed by atoms with Crippen LogP contribution in [0.2, 0.25) is 0 Å². The Hall–Kier alpha value is -1.10. The van der Waals surface area contributed by atoms with Crippen LogP contribution in [-0.4, -0.2) is 36.2 Å². The molecule has 2 aliphatic rings. The Kier molecular flexibility index (Phi) is 3.99. The second-order valence-electron chi connectivity index (χ2n) is 4.93. The zero-order chi connectivity index (χ0) is 12.3. The third kappa shape index (κ3) is 2.97. The minimum Gasteiger partial charge on any atom is -0.481 e. The predicted octanol–water partition coefficient (Wildman–Crippen LogP) is 0.782. The van der Waals surface area contributed by atoms with Gasteiger partial charge in [0.05, 0.1) is 19.3 Å². The van der Waals surface area contributed by atoms with Gasteiger partial charge >= 0.3 is 5.97 Å². The molecule has 1 aliphatic heterocycles. The van der Waals surface area contributed by atoms with Crippen molar-refractivity contribution in [2.24, 2.45) is 11.8 Å². The van der Waals surface area contributed by atoms with Crippen molar-refractivity contribution < 1.29 is 19.4 Å². The SMILES string of the molecule is O=C(NC1COCC1C(=O)O)C1CCCCC1. The Balaban J connectivity index is 1.86. The molecule has 1 aliphatic carbocycles. The number of ether oxygens (including phenoxy) is 1. The second kappa shape index (κ2) is 5.49. The molecule has 0 radical (unpaired) electrons. The number of carbonyl (C=O) groups excluding carboxylic acids is 1. The van der Waals surface area contributed by atoms with E-state index in [0.717, 1.165) is 25.7 Å². The topological polar surface area (TPSA) is 75.6 Å². The molecule has 2 N–H and O–H groups in total. The summed E-state index contributed by atoms with van der Waals surface area (Å²) in [5.41, 5.74) is 0. The Morgan fingerprint density at radius 2 is 1.82 bits per heavy atom. The summed E-state index contributed by atoms with van der Waals surface area (Å²) in [6, 6.07) is -0.359. The molecule has 17 heavy (non-hydrogen) atoms. The Labute approximate surface area is 101 Å². The first-order chi connectivity index (χ1) is 8.18. The fourth-order valence-corrected chi connectivity index (χ4v) is 2.61. The summed E-state index contributed by atoms with van der Waals surface area (Å²) < 4.78 is 5.12. The maximum atomic E-state index is 12.0. The van der Waals surface area contributed by atoms with Gasteiger partial charge in [-0.1, -0.05) is 19.3 Å². The molecule has 1 saturated heterocycles. The summed E-state index contributed by atoms with van der Waals surface area (Å²) >= 11 is 0. The molecule has 0 aromatic heterocycles. The van der Waals surface area contributed by atoms with Crippen molar-refractivity contribution in [1.82, 2.24) is 5.32 Å². The van der Waals surface area contributed by atoms with E-state index >= 15 is 0 Å². The summed E-state index contributed by atoms with van der Waals surface area (Å²) in [6.45, 7) is 0.514. The highest BCUT2D eigenvalue weighted by Gasteiger charge is 2.36. The molecule has 2 atom stereocenters. The highest BCUT2D eigenvalue weighted by molar-refractivity contribution is 5.80. The number of aliphatic carboxylic acids is 1. The molecule has 5 nitrogen and oxygen atoms in total. The maximum Gasteiger partial charge on any atom is 0.311 e. The van der Waals surface area contributed by atoms with E-state index in [2.05, 4.69) is 5.32 Å². The van der Waals surface area contributed by atoms with Crippen LogP contribution in [0.25, 0.3) is 0 Å². The van der Waals surface area contributed by atoms with Crippen LogP contribution < -0.4 is 5.32 Å². The van der Waals surface area contributed by atoms with Crippen LogP contribution in [0.5, 0.6) is 0 Å². The molecule has 0 aromatic rings. The third-order valence-electron chi connectivity index (χ3n) is 3.70. The van der Waals surface area contributed by atoms with Gasteiger partial charge in [-0.3, -0.25) is 9.59 Å². The Bertz CT molecular complexity index is 299. The second-order valence-corrected chi connectivity index (χ2v) is 4.93. The molecule has 2 unspecified atom stereocenters. The molecule has 5 heteroatoms. The van der Waals surface area contributed by atoms with E-state index < -0.39 is 11.9 Å². The lowest BCUT2D eigenvalue weighted by atomic mass is 9.88. The molecule has 2 fully saturated rings. The Morgan fingerprint density at radius 3 is 2.47 bits per heavy atom. The van der Waals surface area contributed by atoms with Crippen LogP contribution >= 0.6 is 0 Å². The van der Waals surface area contributed by atoms with Gasteiger partial charge in [0.15, 0.2) is 0 Å². The van der Waals surface area contributed by atoms with Crippen LogP contribution in [-0.2, 0) is 14.3 Å². The number of hydrogen-bond donors (Lipinski definition) is 2. The summed E-state index contributed by atoms with van der Waals surface area (Å²) in [5, 5.41) is 11.8. The smallest absolute Gasteiger partial charge is 0.311 e. The van der Waals surface area contributed by atoms with E-state index in [9.17, 15) is 9.59 Å². The zero-order valence-corrected chi connectivity index (χ0v) is 9.85. The van der Waals surface area contributed by atoms with Gasteiger partial charge in [0.2, 0.25) is 5.91 Å². The molecular weight excluding hydrogens is 222 g/mol. The summed E-state index contributed by atoms with van der Waals surface area (Å²) in [6.07, 6.45) is 5.26. The van der Waals surface area contributed by atoms with Crippen molar-refractivity contribution >= 4 is 11.9 Å². The summed E-state index contributed by atoms with van der Waals surface area (Å²) in [7, 11) is 0. The van der Waals surface area contributed by atoms with Crippen molar-refractivity contribution in [3.05, 3.63) is 0 Å². The van der Waals surface area contributed by atoms with E-state index in [4.69, 9.17) is 9.84 Å². The molecule has 1 saturated carbocycles. The highest BCUT2D eigenvalue weighted by atomic mass is 16.5. The molecule has 2 rings (SSSR count). The number of hydrogen-bond acceptors (Lipinski definition) is 3. The van der Waals surface area contributed by atoms with Gasteiger partial charge in [-0.2, -0.15) is 0 Å². The first-order valence-corrected chi connectivity index (χ1v) is 6.29. The molecule has 1 amide bonds. The van der Waals surface area contributed by atoms with Crippen molar-refractivity contribution in [1.29, 1.82) is 0 Å². The van der Waals surface area contributed by atoms with Crippen LogP contribution in [0.3, 0.4) is 0 Å². The van der Waals surface area contributed by atoms with Crippen LogP contribution in [0.4, 0.5) is 0 Å². The lowest BCUT2D eigenvalue weighted by Crippen LogP contribution is -2.45.